The lowest BCUT2D eigenvalue weighted by Crippen LogP contribution is -2.41. The van der Waals surface area contributed by atoms with Crippen LogP contribution >= 0.6 is 0 Å². The smallest absolute Gasteiger partial charge is 0.275 e. The lowest BCUT2D eigenvalue weighted by Gasteiger charge is -2.21. The van der Waals surface area contributed by atoms with Crippen LogP contribution in [0.1, 0.15) is 55.1 Å². The highest BCUT2D eigenvalue weighted by molar-refractivity contribution is 5.91. The van der Waals surface area contributed by atoms with E-state index in [0.29, 0.717) is 24.9 Å². The van der Waals surface area contributed by atoms with Gasteiger partial charge in [-0.2, -0.15) is 0 Å². The summed E-state index contributed by atoms with van der Waals surface area (Å²) in [6, 6.07) is 0.900. The third-order valence-electron chi connectivity index (χ3n) is 4.95. The molecule has 0 spiro atoms. The first kappa shape index (κ1) is 17.3. The average Bonchev–Trinajstić information content (AvgIpc) is 3.25. The third kappa shape index (κ3) is 4.12. The monoisotopic (exact) mass is 336 g/mol. The van der Waals surface area contributed by atoms with Gasteiger partial charge in [-0.3, -0.25) is 15.6 Å². The Morgan fingerprint density at radius 3 is 2.83 bits per heavy atom. The summed E-state index contributed by atoms with van der Waals surface area (Å²) in [7, 11) is 3.51. The van der Waals surface area contributed by atoms with E-state index in [4.69, 9.17) is 4.74 Å². The predicted molar refractivity (Wildman–Crippen MR) is 89.4 cm³/mol. The number of rotatable bonds is 6. The Morgan fingerprint density at radius 1 is 1.33 bits per heavy atom. The van der Waals surface area contributed by atoms with Crippen LogP contribution in [0.2, 0.25) is 0 Å². The fourth-order valence-corrected chi connectivity index (χ4v) is 3.64. The lowest BCUT2D eigenvalue weighted by atomic mass is 9.96. The van der Waals surface area contributed by atoms with E-state index in [1.54, 1.807) is 12.0 Å². The SMILES string of the molecule is COCC1CC(CN(C)C(=O)c2cn(C3CCCCC3)nn2)NN1. The van der Waals surface area contributed by atoms with E-state index in [-0.39, 0.29) is 18.0 Å². The summed E-state index contributed by atoms with van der Waals surface area (Å²) in [5, 5.41) is 8.28. The number of carbonyl (C=O) groups is 1. The van der Waals surface area contributed by atoms with E-state index in [2.05, 4.69) is 21.2 Å². The molecule has 1 aliphatic heterocycles. The summed E-state index contributed by atoms with van der Waals surface area (Å²) >= 11 is 0. The van der Waals surface area contributed by atoms with Crippen molar-refractivity contribution in [3.63, 3.8) is 0 Å². The second kappa shape index (κ2) is 8.04. The third-order valence-corrected chi connectivity index (χ3v) is 4.95. The van der Waals surface area contributed by atoms with Gasteiger partial charge in [-0.05, 0) is 19.3 Å². The van der Waals surface area contributed by atoms with Crippen molar-refractivity contribution >= 4 is 5.91 Å². The molecule has 1 saturated carbocycles. The molecular formula is C16H28N6O2. The molecule has 0 aromatic carbocycles. The number of ether oxygens (including phenoxy) is 1. The Labute approximate surface area is 142 Å². The number of hydrogen-bond donors (Lipinski definition) is 2. The molecule has 2 aliphatic rings. The summed E-state index contributed by atoms with van der Waals surface area (Å²) in [4.78, 5) is 14.3. The van der Waals surface area contributed by atoms with Crippen LogP contribution in [0.15, 0.2) is 6.20 Å². The van der Waals surface area contributed by atoms with Gasteiger partial charge in [0.1, 0.15) is 0 Å². The van der Waals surface area contributed by atoms with Crippen molar-refractivity contribution in [3.8, 4) is 0 Å². The van der Waals surface area contributed by atoms with Gasteiger partial charge in [0.05, 0.1) is 18.8 Å². The van der Waals surface area contributed by atoms with E-state index in [1.807, 2.05) is 17.9 Å². The Balaban J connectivity index is 1.53. The Morgan fingerprint density at radius 2 is 2.08 bits per heavy atom. The summed E-state index contributed by atoms with van der Waals surface area (Å²) in [6.07, 6.45) is 8.76. The van der Waals surface area contributed by atoms with E-state index in [1.165, 1.54) is 19.3 Å². The number of aromatic nitrogens is 3. The molecule has 2 fully saturated rings. The fraction of sp³-hybridized carbons (Fsp3) is 0.812. The molecular weight excluding hydrogens is 308 g/mol. The van der Waals surface area contributed by atoms with Crippen molar-refractivity contribution in [3.05, 3.63) is 11.9 Å². The second-order valence-electron chi connectivity index (χ2n) is 6.93. The predicted octanol–water partition coefficient (Wildman–Crippen LogP) is 0.737. The van der Waals surface area contributed by atoms with E-state index in [9.17, 15) is 4.79 Å². The number of amides is 1. The van der Waals surface area contributed by atoms with Crippen LogP contribution < -0.4 is 10.9 Å². The first-order valence-corrected chi connectivity index (χ1v) is 8.84. The molecule has 1 saturated heterocycles. The lowest BCUT2D eigenvalue weighted by molar-refractivity contribution is 0.0776. The maximum Gasteiger partial charge on any atom is 0.275 e. The van der Waals surface area contributed by atoms with Gasteiger partial charge in [0.15, 0.2) is 5.69 Å². The highest BCUT2D eigenvalue weighted by atomic mass is 16.5. The van der Waals surface area contributed by atoms with E-state index < -0.39 is 0 Å². The molecule has 1 amide bonds. The first-order chi connectivity index (χ1) is 11.7. The topological polar surface area (TPSA) is 84.3 Å². The van der Waals surface area contributed by atoms with Crippen molar-refractivity contribution in [2.45, 2.75) is 56.7 Å². The number of hydrogen-bond acceptors (Lipinski definition) is 6. The van der Waals surface area contributed by atoms with Crippen molar-refractivity contribution in [2.75, 3.05) is 27.3 Å². The molecule has 2 unspecified atom stereocenters. The van der Waals surface area contributed by atoms with Crippen LogP contribution in [0.5, 0.6) is 0 Å². The first-order valence-electron chi connectivity index (χ1n) is 8.84. The van der Waals surface area contributed by atoms with Gasteiger partial charge in [0.25, 0.3) is 5.91 Å². The number of likely N-dealkylation sites (N-methyl/N-ethyl adjacent to an activating group) is 1. The molecule has 8 heteroatoms. The zero-order valence-corrected chi connectivity index (χ0v) is 14.6. The fourth-order valence-electron chi connectivity index (χ4n) is 3.64. The standard InChI is InChI=1S/C16H28N6O2/c1-21(9-12-8-13(11-24-2)18-17-12)16(23)15-10-22(20-19-15)14-6-4-3-5-7-14/h10,12-14,17-18H,3-9,11H2,1-2H3. The van der Waals surface area contributed by atoms with Crippen LogP contribution in [-0.4, -0.2) is 65.2 Å². The minimum absolute atomic E-state index is 0.0750. The molecule has 3 rings (SSSR count). The highest BCUT2D eigenvalue weighted by Gasteiger charge is 2.27. The Bertz CT molecular complexity index is 542. The van der Waals surface area contributed by atoms with Gasteiger partial charge in [-0.1, -0.05) is 24.5 Å². The van der Waals surface area contributed by atoms with Crippen LogP contribution in [0.3, 0.4) is 0 Å². The summed E-state index contributed by atoms with van der Waals surface area (Å²) in [6.45, 7) is 1.29. The quantitative estimate of drug-likeness (QED) is 0.797. The molecule has 1 aromatic heterocycles. The number of nitrogens with one attached hydrogen (secondary N) is 2. The van der Waals surface area contributed by atoms with Crippen LogP contribution in [-0.2, 0) is 4.74 Å². The van der Waals surface area contributed by atoms with E-state index >= 15 is 0 Å². The molecule has 134 valence electrons. The number of carbonyl (C=O) groups excluding carboxylic acids is 1. The van der Waals surface area contributed by atoms with Crippen molar-refractivity contribution in [2.24, 2.45) is 0 Å². The number of methoxy groups -OCH3 is 1. The maximum atomic E-state index is 12.6. The van der Waals surface area contributed by atoms with E-state index in [0.717, 1.165) is 19.3 Å². The average molecular weight is 336 g/mol. The molecule has 0 radical (unpaired) electrons. The minimum atomic E-state index is -0.0750. The normalized spacial score (nSPS) is 25.1. The molecule has 2 atom stereocenters. The number of nitrogens with zero attached hydrogens (tertiary/aromatic N) is 4. The van der Waals surface area contributed by atoms with Crippen LogP contribution in [0.4, 0.5) is 0 Å². The van der Waals surface area contributed by atoms with Crippen LogP contribution in [0, 0.1) is 0 Å². The van der Waals surface area contributed by atoms with Gasteiger partial charge in [0.2, 0.25) is 0 Å². The largest absolute Gasteiger partial charge is 0.383 e. The molecule has 1 aliphatic carbocycles. The zero-order valence-electron chi connectivity index (χ0n) is 14.6. The highest BCUT2D eigenvalue weighted by Crippen LogP contribution is 2.27. The summed E-state index contributed by atoms with van der Waals surface area (Å²) in [5.41, 5.74) is 6.85. The van der Waals surface area contributed by atoms with Gasteiger partial charge < -0.3 is 9.64 Å². The van der Waals surface area contributed by atoms with Crippen molar-refractivity contribution < 1.29 is 9.53 Å². The molecule has 8 nitrogen and oxygen atoms in total. The maximum absolute atomic E-state index is 12.6. The molecule has 2 heterocycles. The van der Waals surface area contributed by atoms with Crippen molar-refractivity contribution in [1.82, 2.24) is 30.7 Å². The van der Waals surface area contributed by atoms with Gasteiger partial charge in [0, 0.05) is 32.8 Å². The Hall–Kier alpha value is -1.51. The van der Waals surface area contributed by atoms with Crippen molar-refractivity contribution in [1.29, 1.82) is 0 Å². The number of hydrazine groups is 1. The summed E-state index contributed by atoms with van der Waals surface area (Å²) in [5.74, 6) is -0.0750. The molecule has 24 heavy (non-hydrogen) atoms. The summed E-state index contributed by atoms with van der Waals surface area (Å²) < 4.78 is 7.03. The van der Waals surface area contributed by atoms with Gasteiger partial charge >= 0.3 is 0 Å². The minimum Gasteiger partial charge on any atom is -0.383 e. The van der Waals surface area contributed by atoms with Crippen LogP contribution in [0.25, 0.3) is 0 Å². The van der Waals surface area contributed by atoms with Gasteiger partial charge in [-0.25, -0.2) is 4.68 Å². The Kier molecular flexibility index (Phi) is 5.80. The van der Waals surface area contributed by atoms with Gasteiger partial charge in [-0.15, -0.1) is 5.10 Å². The zero-order chi connectivity index (χ0) is 16.9. The molecule has 0 bridgehead atoms. The molecule has 2 N–H and O–H groups in total. The second-order valence-corrected chi connectivity index (χ2v) is 6.93. The molecule has 1 aromatic rings.